The van der Waals surface area contributed by atoms with Crippen molar-refractivity contribution in [3.63, 3.8) is 0 Å². The Kier molecular flexibility index (Phi) is 2.98. The normalized spacial score (nSPS) is 18.6. The molecule has 1 aromatic carbocycles. The summed E-state index contributed by atoms with van der Waals surface area (Å²) in [6, 6.07) is 7.10. The van der Waals surface area contributed by atoms with E-state index in [2.05, 4.69) is 23.1 Å². The van der Waals surface area contributed by atoms with E-state index in [0.29, 0.717) is 6.42 Å². The number of carbonyl (C=O) groups is 1. The zero-order valence-corrected chi connectivity index (χ0v) is 10.6. The molecule has 0 radical (unpaired) electrons. The number of aryl methyl sites for hydroxylation is 1. The van der Waals surface area contributed by atoms with E-state index in [1.54, 1.807) is 0 Å². The second-order valence-corrected chi connectivity index (χ2v) is 5.34. The van der Waals surface area contributed by atoms with Crippen LogP contribution in [-0.4, -0.2) is 23.7 Å². The molecule has 1 saturated carbocycles. The largest absolute Gasteiger partial charge is 0.481 e. The van der Waals surface area contributed by atoms with E-state index in [4.69, 9.17) is 5.11 Å². The van der Waals surface area contributed by atoms with Gasteiger partial charge in [-0.1, -0.05) is 12.1 Å². The Morgan fingerprint density at radius 3 is 2.89 bits per heavy atom. The van der Waals surface area contributed by atoms with E-state index in [-0.39, 0.29) is 6.42 Å². The third-order valence-electron chi connectivity index (χ3n) is 4.28. The van der Waals surface area contributed by atoms with Crippen molar-refractivity contribution in [2.45, 2.75) is 44.6 Å². The fourth-order valence-corrected chi connectivity index (χ4v) is 3.08. The van der Waals surface area contributed by atoms with Gasteiger partial charge in [-0.05, 0) is 49.3 Å². The molecule has 0 unspecified atom stereocenters. The zero-order chi connectivity index (χ0) is 12.5. The Morgan fingerprint density at radius 1 is 1.39 bits per heavy atom. The van der Waals surface area contributed by atoms with E-state index in [1.807, 2.05) is 0 Å². The first-order valence-corrected chi connectivity index (χ1v) is 6.85. The van der Waals surface area contributed by atoms with Crippen LogP contribution in [0.15, 0.2) is 18.2 Å². The van der Waals surface area contributed by atoms with Gasteiger partial charge in [0.25, 0.3) is 0 Å². The van der Waals surface area contributed by atoms with Gasteiger partial charge < -0.3 is 10.0 Å². The predicted octanol–water partition coefficient (Wildman–Crippen LogP) is 2.62. The van der Waals surface area contributed by atoms with Crippen LogP contribution >= 0.6 is 0 Å². The van der Waals surface area contributed by atoms with Crippen molar-refractivity contribution in [2.24, 2.45) is 0 Å². The number of aliphatic carboxylic acids is 1. The van der Waals surface area contributed by atoms with Crippen LogP contribution in [0.4, 0.5) is 5.69 Å². The highest BCUT2D eigenvalue weighted by Crippen LogP contribution is 2.37. The predicted molar refractivity (Wildman–Crippen MR) is 71.1 cm³/mol. The average Bonchev–Trinajstić information content (AvgIpc) is 2.69. The van der Waals surface area contributed by atoms with E-state index in [0.717, 1.165) is 19.0 Å². The van der Waals surface area contributed by atoms with Crippen LogP contribution in [0.25, 0.3) is 0 Å². The van der Waals surface area contributed by atoms with Crippen molar-refractivity contribution in [2.75, 3.05) is 11.4 Å². The van der Waals surface area contributed by atoms with Crippen LogP contribution in [0.2, 0.25) is 0 Å². The molecule has 0 amide bonds. The molecule has 0 atom stereocenters. The van der Waals surface area contributed by atoms with Gasteiger partial charge in [-0.2, -0.15) is 0 Å². The van der Waals surface area contributed by atoms with Crippen molar-refractivity contribution >= 4 is 11.7 Å². The maximum Gasteiger partial charge on any atom is 0.303 e. The molecule has 0 bridgehead atoms. The van der Waals surface area contributed by atoms with E-state index in [9.17, 15) is 4.79 Å². The summed E-state index contributed by atoms with van der Waals surface area (Å²) in [6.07, 6.45) is 5.98. The molecule has 0 aromatic heterocycles. The van der Waals surface area contributed by atoms with Gasteiger partial charge in [-0.15, -0.1) is 0 Å². The summed E-state index contributed by atoms with van der Waals surface area (Å²) in [7, 11) is 0. The molecular formula is C15H19NO2. The third kappa shape index (κ3) is 1.98. The fraction of sp³-hybridized carbons (Fsp3) is 0.533. The fourth-order valence-electron chi connectivity index (χ4n) is 3.08. The molecule has 1 N–H and O–H groups in total. The van der Waals surface area contributed by atoms with Crippen LogP contribution in [0.1, 0.15) is 36.8 Å². The Balaban J connectivity index is 1.81. The lowest BCUT2D eigenvalue weighted by Crippen LogP contribution is -2.38. The first-order chi connectivity index (χ1) is 8.75. The number of carboxylic acids is 1. The molecule has 96 valence electrons. The van der Waals surface area contributed by atoms with Gasteiger partial charge >= 0.3 is 5.97 Å². The van der Waals surface area contributed by atoms with Crippen LogP contribution in [0.3, 0.4) is 0 Å². The lowest BCUT2D eigenvalue weighted by Gasteiger charge is -2.36. The molecule has 1 aromatic rings. The maximum absolute atomic E-state index is 10.7. The van der Waals surface area contributed by atoms with Crippen molar-refractivity contribution in [3.8, 4) is 0 Å². The highest BCUT2D eigenvalue weighted by atomic mass is 16.4. The molecule has 18 heavy (non-hydrogen) atoms. The summed E-state index contributed by atoms with van der Waals surface area (Å²) < 4.78 is 0. The van der Waals surface area contributed by atoms with Gasteiger partial charge in [0.05, 0.1) is 0 Å². The molecular weight excluding hydrogens is 226 g/mol. The SMILES string of the molecule is O=C(O)CCc1cccc2c1CCN2C1CCC1. The zero-order valence-electron chi connectivity index (χ0n) is 10.6. The van der Waals surface area contributed by atoms with Gasteiger partial charge in [0.2, 0.25) is 0 Å². The maximum atomic E-state index is 10.7. The summed E-state index contributed by atoms with van der Waals surface area (Å²) in [6.45, 7) is 1.12. The molecule has 2 aliphatic rings. The third-order valence-corrected chi connectivity index (χ3v) is 4.28. The van der Waals surface area contributed by atoms with Crippen LogP contribution in [0.5, 0.6) is 0 Å². The number of fused-ring (bicyclic) bond motifs is 1. The number of anilines is 1. The second kappa shape index (κ2) is 4.63. The molecule has 1 aliphatic heterocycles. The summed E-state index contributed by atoms with van der Waals surface area (Å²) in [5.41, 5.74) is 3.99. The number of benzene rings is 1. The number of hydrogen-bond acceptors (Lipinski definition) is 2. The van der Waals surface area contributed by atoms with Crippen LogP contribution in [0, 0.1) is 0 Å². The smallest absolute Gasteiger partial charge is 0.303 e. The molecule has 1 heterocycles. The first-order valence-electron chi connectivity index (χ1n) is 6.85. The lowest BCUT2D eigenvalue weighted by atomic mass is 9.91. The van der Waals surface area contributed by atoms with Gasteiger partial charge in [0.1, 0.15) is 0 Å². The van der Waals surface area contributed by atoms with E-state index >= 15 is 0 Å². The van der Waals surface area contributed by atoms with Crippen molar-refractivity contribution in [1.82, 2.24) is 0 Å². The summed E-state index contributed by atoms with van der Waals surface area (Å²) in [5.74, 6) is -0.707. The van der Waals surface area contributed by atoms with Crippen LogP contribution < -0.4 is 4.90 Å². The topological polar surface area (TPSA) is 40.5 Å². The summed E-state index contributed by atoms with van der Waals surface area (Å²) in [5, 5.41) is 8.80. The standard InChI is InChI=1S/C15H19NO2/c17-15(18)8-7-11-3-1-6-14-13(11)9-10-16(14)12-4-2-5-12/h1,3,6,12H,2,4-5,7-10H2,(H,17,18). The number of nitrogens with zero attached hydrogens (tertiary/aromatic N) is 1. The van der Waals surface area contributed by atoms with Crippen molar-refractivity contribution in [3.05, 3.63) is 29.3 Å². The number of rotatable bonds is 4. The monoisotopic (exact) mass is 245 g/mol. The van der Waals surface area contributed by atoms with Crippen LogP contribution in [-0.2, 0) is 17.6 Å². The van der Waals surface area contributed by atoms with Gasteiger partial charge in [-0.25, -0.2) is 0 Å². The molecule has 3 rings (SSSR count). The van der Waals surface area contributed by atoms with Gasteiger partial charge in [0.15, 0.2) is 0 Å². The molecule has 0 spiro atoms. The molecule has 1 aliphatic carbocycles. The minimum atomic E-state index is -0.707. The van der Waals surface area contributed by atoms with Crippen molar-refractivity contribution < 1.29 is 9.90 Å². The molecule has 1 fully saturated rings. The summed E-state index contributed by atoms with van der Waals surface area (Å²) in [4.78, 5) is 13.2. The molecule has 3 nitrogen and oxygen atoms in total. The minimum absolute atomic E-state index is 0.236. The highest BCUT2D eigenvalue weighted by molar-refractivity contribution is 5.68. The quantitative estimate of drug-likeness (QED) is 0.886. The van der Waals surface area contributed by atoms with E-state index < -0.39 is 5.97 Å². The number of hydrogen-bond donors (Lipinski definition) is 1. The Morgan fingerprint density at radius 2 is 2.22 bits per heavy atom. The average molecular weight is 245 g/mol. The lowest BCUT2D eigenvalue weighted by molar-refractivity contribution is -0.136. The highest BCUT2D eigenvalue weighted by Gasteiger charge is 2.30. The Labute approximate surface area is 107 Å². The number of carboxylic acid groups (broad SMARTS) is 1. The van der Waals surface area contributed by atoms with E-state index in [1.165, 1.54) is 36.1 Å². The molecule has 3 heteroatoms. The second-order valence-electron chi connectivity index (χ2n) is 5.34. The van der Waals surface area contributed by atoms with Gasteiger partial charge in [-0.3, -0.25) is 4.79 Å². The molecule has 0 saturated heterocycles. The minimum Gasteiger partial charge on any atom is -0.481 e. The van der Waals surface area contributed by atoms with Crippen molar-refractivity contribution in [1.29, 1.82) is 0 Å². The first kappa shape index (κ1) is 11.6. The summed E-state index contributed by atoms with van der Waals surface area (Å²) >= 11 is 0. The van der Waals surface area contributed by atoms with Gasteiger partial charge in [0, 0.05) is 24.7 Å². The Bertz CT molecular complexity index is 466. The Hall–Kier alpha value is -1.51.